The number of ether oxygens (including phenoxy) is 1. The third kappa shape index (κ3) is 10.2. The van der Waals surface area contributed by atoms with Crippen molar-refractivity contribution >= 4 is 62.9 Å². The van der Waals surface area contributed by atoms with Crippen molar-refractivity contribution < 1.29 is 19.1 Å². The molecule has 0 aliphatic heterocycles. The predicted molar refractivity (Wildman–Crippen MR) is 197 cm³/mol. The Kier molecular flexibility index (Phi) is 12.2. The monoisotopic (exact) mass is 719 g/mol. The second kappa shape index (κ2) is 17.2. The molecule has 5 aromatic rings. The van der Waals surface area contributed by atoms with E-state index in [2.05, 4.69) is 31.9 Å². The van der Waals surface area contributed by atoms with E-state index in [1.807, 2.05) is 110 Å². The fourth-order valence-electron chi connectivity index (χ4n) is 4.60. The second-order valence-electron chi connectivity index (χ2n) is 10.7. The summed E-state index contributed by atoms with van der Waals surface area (Å²) in [6.45, 7) is 2.39. The summed E-state index contributed by atoms with van der Waals surface area (Å²) in [5.41, 5.74) is 3.49. The minimum atomic E-state index is -0.495. The van der Waals surface area contributed by atoms with Crippen LogP contribution in [0, 0.1) is 0 Å². The molecule has 5 rings (SSSR count). The Hall–Kier alpha value is -5.12. The van der Waals surface area contributed by atoms with Gasteiger partial charge in [0.2, 0.25) is 5.91 Å². The van der Waals surface area contributed by atoms with E-state index < -0.39 is 11.8 Å². The summed E-state index contributed by atoms with van der Waals surface area (Å²) in [6, 6.07) is 40.6. The van der Waals surface area contributed by atoms with Crippen LogP contribution in [0.4, 0.5) is 11.4 Å². The van der Waals surface area contributed by atoms with Gasteiger partial charge in [-0.25, -0.2) is 0 Å². The molecule has 0 aromatic heterocycles. The van der Waals surface area contributed by atoms with Gasteiger partial charge in [0.1, 0.15) is 18.1 Å². The number of hydrogen-bond acceptors (Lipinski definition) is 5. The van der Waals surface area contributed by atoms with E-state index in [1.54, 1.807) is 36.4 Å². The Balaban J connectivity index is 1.29. The third-order valence-corrected chi connectivity index (χ3v) is 9.00. The zero-order valence-electron chi connectivity index (χ0n) is 26.2. The first-order chi connectivity index (χ1) is 23.4. The van der Waals surface area contributed by atoms with Gasteiger partial charge in [0.25, 0.3) is 11.8 Å². The molecule has 0 bridgehead atoms. The van der Waals surface area contributed by atoms with Crippen LogP contribution in [0.25, 0.3) is 6.08 Å². The minimum Gasteiger partial charge on any atom is -0.489 e. The maximum absolute atomic E-state index is 13.6. The molecule has 1 atom stereocenters. The molecule has 242 valence electrons. The molecule has 1 unspecified atom stereocenters. The van der Waals surface area contributed by atoms with Crippen molar-refractivity contribution in [2.45, 2.75) is 30.1 Å². The highest BCUT2D eigenvalue weighted by molar-refractivity contribution is 9.10. The van der Waals surface area contributed by atoms with Crippen LogP contribution in [-0.4, -0.2) is 23.0 Å². The highest BCUT2D eigenvalue weighted by atomic mass is 79.9. The largest absolute Gasteiger partial charge is 0.489 e. The summed E-state index contributed by atoms with van der Waals surface area (Å²) < 4.78 is 6.83. The van der Waals surface area contributed by atoms with E-state index >= 15 is 0 Å². The molecule has 0 fully saturated rings. The van der Waals surface area contributed by atoms with E-state index in [4.69, 9.17) is 4.74 Å². The number of thioether (sulfide) groups is 1. The first kappa shape index (κ1) is 34.2. The molecule has 3 amide bonds. The summed E-state index contributed by atoms with van der Waals surface area (Å²) in [5.74, 6) is -0.331. The number of rotatable bonds is 13. The van der Waals surface area contributed by atoms with Crippen molar-refractivity contribution in [3.05, 3.63) is 160 Å². The molecule has 5 aromatic carbocycles. The quantitative estimate of drug-likeness (QED) is 0.0834. The van der Waals surface area contributed by atoms with Gasteiger partial charge in [-0.1, -0.05) is 89.6 Å². The van der Waals surface area contributed by atoms with Crippen LogP contribution >= 0.6 is 27.7 Å². The van der Waals surface area contributed by atoms with Crippen molar-refractivity contribution in [3.8, 4) is 5.75 Å². The Morgan fingerprint density at radius 1 is 0.771 bits per heavy atom. The zero-order valence-corrected chi connectivity index (χ0v) is 28.6. The van der Waals surface area contributed by atoms with Crippen molar-refractivity contribution in [2.75, 3.05) is 10.6 Å². The molecular formula is C39H34BrN3O4S. The van der Waals surface area contributed by atoms with Gasteiger partial charge in [-0.3, -0.25) is 14.4 Å². The Labute approximate surface area is 292 Å². The van der Waals surface area contributed by atoms with Crippen molar-refractivity contribution in [1.82, 2.24) is 5.32 Å². The number of hydrogen-bond donors (Lipinski definition) is 3. The van der Waals surface area contributed by atoms with Crippen LogP contribution in [0.15, 0.2) is 149 Å². The molecule has 48 heavy (non-hydrogen) atoms. The molecular weight excluding hydrogens is 686 g/mol. The van der Waals surface area contributed by atoms with E-state index in [-0.39, 0.29) is 16.9 Å². The van der Waals surface area contributed by atoms with Crippen LogP contribution in [0.1, 0.15) is 34.8 Å². The summed E-state index contributed by atoms with van der Waals surface area (Å²) in [5, 5.41) is 8.31. The second-order valence-corrected chi connectivity index (χ2v) is 12.9. The van der Waals surface area contributed by atoms with Crippen molar-refractivity contribution in [3.63, 3.8) is 0 Å². The number of anilines is 2. The number of carbonyl (C=O) groups is 3. The summed E-state index contributed by atoms with van der Waals surface area (Å²) in [4.78, 5) is 40.6. The Morgan fingerprint density at radius 2 is 1.46 bits per heavy atom. The highest BCUT2D eigenvalue weighted by Crippen LogP contribution is 2.29. The van der Waals surface area contributed by atoms with Gasteiger partial charge in [-0.15, -0.1) is 11.8 Å². The first-order valence-corrected chi connectivity index (χ1v) is 17.0. The maximum Gasteiger partial charge on any atom is 0.272 e. The fourth-order valence-corrected chi connectivity index (χ4v) is 5.88. The van der Waals surface area contributed by atoms with Gasteiger partial charge in [-0.05, 0) is 90.4 Å². The Morgan fingerprint density at radius 3 is 2.15 bits per heavy atom. The molecule has 0 saturated heterocycles. The summed E-state index contributed by atoms with van der Waals surface area (Å²) in [6.07, 6.45) is 2.23. The normalized spacial score (nSPS) is 11.7. The van der Waals surface area contributed by atoms with Gasteiger partial charge in [0.05, 0.1) is 5.25 Å². The zero-order chi connectivity index (χ0) is 33.7. The molecule has 9 heteroatoms. The number of nitrogens with one attached hydrogen (secondary N) is 3. The fraction of sp³-hybridized carbons (Fsp3) is 0.103. The van der Waals surface area contributed by atoms with Gasteiger partial charge in [0, 0.05) is 26.3 Å². The standard InChI is InChI=1S/C39H34BrN3O4S/c1-2-36(39(46)41-31-20-18-30(40)19-21-31)48-34-15-9-14-32(25-34)42-38(45)35(43-37(44)29-12-7-4-8-13-29)24-27-16-22-33(23-17-27)47-26-28-10-5-3-6-11-28/h3-25,36H,2,26H2,1H3,(H,41,46)(H,42,45)(H,43,44)/b35-24-. The highest BCUT2D eigenvalue weighted by Gasteiger charge is 2.19. The molecule has 0 heterocycles. The van der Waals surface area contributed by atoms with Crippen LogP contribution in [-0.2, 0) is 16.2 Å². The van der Waals surface area contributed by atoms with Crippen molar-refractivity contribution in [1.29, 1.82) is 0 Å². The third-order valence-electron chi connectivity index (χ3n) is 7.11. The molecule has 0 spiro atoms. The average molecular weight is 721 g/mol. The molecule has 0 aliphatic rings. The van der Waals surface area contributed by atoms with Crippen molar-refractivity contribution in [2.24, 2.45) is 0 Å². The van der Waals surface area contributed by atoms with Crippen LogP contribution < -0.4 is 20.7 Å². The number of amides is 3. The summed E-state index contributed by atoms with van der Waals surface area (Å²) in [7, 11) is 0. The smallest absolute Gasteiger partial charge is 0.272 e. The Bertz CT molecular complexity index is 1870. The first-order valence-electron chi connectivity index (χ1n) is 15.4. The molecule has 0 radical (unpaired) electrons. The van der Waals surface area contributed by atoms with Gasteiger partial charge in [-0.2, -0.15) is 0 Å². The van der Waals surface area contributed by atoms with E-state index in [0.29, 0.717) is 35.6 Å². The predicted octanol–water partition coefficient (Wildman–Crippen LogP) is 8.95. The lowest BCUT2D eigenvalue weighted by Gasteiger charge is -2.16. The molecule has 3 N–H and O–H groups in total. The SMILES string of the molecule is CCC(Sc1cccc(NC(=O)/C(=C/c2ccc(OCc3ccccc3)cc2)NC(=O)c2ccccc2)c1)C(=O)Nc1ccc(Br)cc1. The number of carbonyl (C=O) groups excluding carboxylic acids is 3. The van der Waals surface area contributed by atoms with Gasteiger partial charge >= 0.3 is 0 Å². The molecule has 0 saturated carbocycles. The van der Waals surface area contributed by atoms with Gasteiger partial charge < -0.3 is 20.7 Å². The maximum atomic E-state index is 13.6. The van der Waals surface area contributed by atoms with Gasteiger partial charge in [0.15, 0.2) is 0 Å². The average Bonchev–Trinajstić information content (AvgIpc) is 3.12. The lowest BCUT2D eigenvalue weighted by Crippen LogP contribution is -2.30. The lowest BCUT2D eigenvalue weighted by molar-refractivity contribution is -0.116. The number of halogens is 1. The van der Waals surface area contributed by atoms with Crippen LogP contribution in [0.3, 0.4) is 0 Å². The molecule has 7 nitrogen and oxygen atoms in total. The molecule has 0 aliphatic carbocycles. The minimum absolute atomic E-state index is 0.0696. The van der Waals surface area contributed by atoms with E-state index in [1.165, 1.54) is 11.8 Å². The number of benzene rings is 5. The van der Waals surface area contributed by atoms with E-state index in [9.17, 15) is 14.4 Å². The van der Waals surface area contributed by atoms with E-state index in [0.717, 1.165) is 20.6 Å². The summed E-state index contributed by atoms with van der Waals surface area (Å²) >= 11 is 4.82. The van der Waals surface area contributed by atoms with Crippen LogP contribution in [0.5, 0.6) is 5.75 Å². The lowest BCUT2D eigenvalue weighted by atomic mass is 10.1. The van der Waals surface area contributed by atoms with Crippen LogP contribution in [0.2, 0.25) is 0 Å². The topological polar surface area (TPSA) is 96.5 Å².